The number of allylic oxidation sites excluding steroid dienone is 1. The van der Waals surface area contributed by atoms with Crippen LogP contribution in [0.1, 0.15) is 71.6 Å². The molecule has 0 aliphatic heterocycles. The second-order valence-corrected chi connectivity index (χ2v) is 6.29. The molecule has 0 bridgehead atoms. The minimum absolute atomic E-state index is 0.703. The summed E-state index contributed by atoms with van der Waals surface area (Å²) in [6.07, 6.45) is 15.2. The molecule has 2 fully saturated rings. The second kappa shape index (κ2) is 6.58. The van der Waals surface area contributed by atoms with Gasteiger partial charge in [-0.3, -0.25) is 0 Å². The van der Waals surface area contributed by atoms with E-state index in [0.717, 1.165) is 6.04 Å². The van der Waals surface area contributed by atoms with Gasteiger partial charge in [0.15, 0.2) is 0 Å². The smallest absolute Gasteiger partial charge is 0.0282 e. The highest BCUT2D eigenvalue weighted by molar-refractivity contribution is 5.14. The Morgan fingerprint density at radius 2 is 1.71 bits per heavy atom. The van der Waals surface area contributed by atoms with Crippen molar-refractivity contribution in [3.63, 3.8) is 0 Å². The molecular weight excluding hydrogens is 206 g/mol. The Kier molecular flexibility index (Phi) is 5.09. The van der Waals surface area contributed by atoms with E-state index in [2.05, 4.69) is 25.2 Å². The van der Waals surface area contributed by atoms with Crippen LogP contribution in [-0.2, 0) is 0 Å². The van der Waals surface area contributed by atoms with Crippen molar-refractivity contribution in [1.29, 1.82) is 0 Å². The molecule has 0 radical (unpaired) electrons. The van der Waals surface area contributed by atoms with Crippen LogP contribution in [0.5, 0.6) is 0 Å². The normalized spacial score (nSPS) is 30.1. The Balaban J connectivity index is 1.91. The van der Waals surface area contributed by atoms with E-state index < -0.39 is 0 Å². The Morgan fingerprint density at radius 3 is 2.41 bits per heavy atom. The first-order valence-electron chi connectivity index (χ1n) is 7.72. The van der Waals surface area contributed by atoms with Gasteiger partial charge < -0.3 is 5.32 Å². The molecule has 2 saturated carbocycles. The van der Waals surface area contributed by atoms with Gasteiger partial charge in [0.05, 0.1) is 0 Å². The molecular formula is C16H29N. The summed E-state index contributed by atoms with van der Waals surface area (Å²) in [6.45, 7) is 4.61. The summed E-state index contributed by atoms with van der Waals surface area (Å²) in [7, 11) is 0. The largest absolute Gasteiger partial charge is 0.308 e. The molecule has 2 aliphatic carbocycles. The second-order valence-electron chi connectivity index (χ2n) is 6.29. The van der Waals surface area contributed by atoms with Crippen LogP contribution >= 0.6 is 0 Å². The van der Waals surface area contributed by atoms with E-state index in [4.69, 9.17) is 0 Å². The van der Waals surface area contributed by atoms with Crippen molar-refractivity contribution in [2.45, 2.75) is 83.7 Å². The molecule has 0 saturated heterocycles. The fourth-order valence-electron chi connectivity index (χ4n) is 3.41. The Labute approximate surface area is 107 Å². The zero-order valence-corrected chi connectivity index (χ0v) is 11.7. The fraction of sp³-hybridized carbons (Fsp3) is 0.875. The monoisotopic (exact) mass is 235 g/mol. The lowest BCUT2D eigenvalue weighted by atomic mass is 9.86. The van der Waals surface area contributed by atoms with Crippen LogP contribution in [-0.4, -0.2) is 12.1 Å². The lowest BCUT2D eigenvalue weighted by Gasteiger charge is -2.33. The van der Waals surface area contributed by atoms with Gasteiger partial charge in [-0.1, -0.05) is 51.2 Å². The molecule has 17 heavy (non-hydrogen) atoms. The third-order valence-electron chi connectivity index (χ3n) is 4.25. The molecule has 0 aromatic carbocycles. The van der Waals surface area contributed by atoms with Crippen molar-refractivity contribution in [2.75, 3.05) is 0 Å². The summed E-state index contributed by atoms with van der Waals surface area (Å²) >= 11 is 0. The molecule has 0 unspecified atom stereocenters. The van der Waals surface area contributed by atoms with Gasteiger partial charge in [0, 0.05) is 12.1 Å². The maximum atomic E-state index is 3.94. The van der Waals surface area contributed by atoms with E-state index in [1.807, 2.05) is 0 Å². The van der Waals surface area contributed by atoms with Gasteiger partial charge in [0.1, 0.15) is 0 Å². The van der Waals surface area contributed by atoms with Crippen molar-refractivity contribution in [3.8, 4) is 0 Å². The van der Waals surface area contributed by atoms with E-state index in [0.29, 0.717) is 12.0 Å². The highest BCUT2D eigenvalue weighted by Gasteiger charge is 2.22. The lowest BCUT2D eigenvalue weighted by Crippen LogP contribution is -2.41. The molecule has 1 atom stereocenters. The molecule has 2 rings (SSSR count). The summed E-state index contributed by atoms with van der Waals surface area (Å²) in [5, 5.41) is 3.94. The van der Waals surface area contributed by atoms with Gasteiger partial charge in [-0.25, -0.2) is 0 Å². The highest BCUT2D eigenvalue weighted by Crippen LogP contribution is 2.27. The highest BCUT2D eigenvalue weighted by atomic mass is 15.0. The summed E-state index contributed by atoms with van der Waals surface area (Å²) in [4.78, 5) is 0. The first-order chi connectivity index (χ1) is 8.25. The van der Waals surface area contributed by atoms with Gasteiger partial charge in [-0.05, 0) is 38.0 Å². The molecule has 0 heterocycles. The predicted molar refractivity (Wildman–Crippen MR) is 75.2 cm³/mol. The minimum atomic E-state index is 0.703. The van der Waals surface area contributed by atoms with E-state index in [1.54, 1.807) is 5.57 Å². The van der Waals surface area contributed by atoms with E-state index in [1.165, 1.54) is 57.8 Å². The maximum absolute atomic E-state index is 3.94. The zero-order valence-electron chi connectivity index (χ0n) is 11.7. The summed E-state index contributed by atoms with van der Waals surface area (Å²) in [5.74, 6) is 0.707. The Hall–Kier alpha value is -0.300. The number of hydrogen-bond donors (Lipinski definition) is 1. The third kappa shape index (κ3) is 4.13. The van der Waals surface area contributed by atoms with Gasteiger partial charge in [0.25, 0.3) is 0 Å². The zero-order chi connectivity index (χ0) is 12.1. The first-order valence-corrected chi connectivity index (χ1v) is 7.72. The molecule has 0 aromatic rings. The van der Waals surface area contributed by atoms with Crippen LogP contribution in [0.4, 0.5) is 0 Å². The lowest BCUT2D eigenvalue weighted by molar-refractivity contribution is 0.326. The quantitative estimate of drug-likeness (QED) is 0.713. The average molecular weight is 235 g/mol. The summed E-state index contributed by atoms with van der Waals surface area (Å²) in [5.41, 5.74) is 1.71. The van der Waals surface area contributed by atoms with E-state index >= 15 is 0 Å². The van der Waals surface area contributed by atoms with E-state index in [-0.39, 0.29) is 0 Å². The van der Waals surface area contributed by atoms with Gasteiger partial charge in [0.2, 0.25) is 0 Å². The molecule has 0 amide bonds. The molecule has 1 nitrogen and oxygen atoms in total. The van der Waals surface area contributed by atoms with Crippen LogP contribution in [0.2, 0.25) is 0 Å². The van der Waals surface area contributed by atoms with Crippen molar-refractivity contribution >= 4 is 0 Å². The topological polar surface area (TPSA) is 12.0 Å². The van der Waals surface area contributed by atoms with Crippen molar-refractivity contribution in [3.05, 3.63) is 11.6 Å². The minimum Gasteiger partial charge on any atom is -0.308 e. The van der Waals surface area contributed by atoms with E-state index in [9.17, 15) is 0 Å². The SMILES string of the molecule is CC(C)/C=C1\CCCC[C@@H]1NC1CCCCC1. The summed E-state index contributed by atoms with van der Waals surface area (Å²) in [6, 6.07) is 1.51. The van der Waals surface area contributed by atoms with Crippen LogP contribution in [0.25, 0.3) is 0 Å². The fourth-order valence-corrected chi connectivity index (χ4v) is 3.41. The molecule has 1 heteroatoms. The molecule has 2 aliphatic rings. The van der Waals surface area contributed by atoms with Crippen molar-refractivity contribution in [1.82, 2.24) is 5.32 Å². The van der Waals surface area contributed by atoms with Gasteiger partial charge in [-0.2, -0.15) is 0 Å². The Morgan fingerprint density at radius 1 is 1.00 bits per heavy atom. The first kappa shape index (κ1) is 13.1. The van der Waals surface area contributed by atoms with Gasteiger partial charge >= 0.3 is 0 Å². The molecule has 0 aromatic heterocycles. The van der Waals surface area contributed by atoms with Crippen LogP contribution in [0.3, 0.4) is 0 Å². The maximum Gasteiger partial charge on any atom is 0.0282 e. The van der Waals surface area contributed by atoms with Crippen LogP contribution < -0.4 is 5.32 Å². The standard InChI is InChI=1S/C16H29N/c1-13(2)12-14-8-6-7-11-16(14)17-15-9-4-3-5-10-15/h12-13,15-17H,3-11H2,1-2H3/b14-12+/t16-/m0/s1. The van der Waals surface area contributed by atoms with Crippen LogP contribution in [0.15, 0.2) is 11.6 Å². The predicted octanol–water partition coefficient (Wildman–Crippen LogP) is 4.43. The van der Waals surface area contributed by atoms with Crippen LogP contribution in [0, 0.1) is 5.92 Å². The number of nitrogens with one attached hydrogen (secondary N) is 1. The Bertz CT molecular complexity index is 248. The number of hydrogen-bond acceptors (Lipinski definition) is 1. The molecule has 98 valence electrons. The molecule has 0 spiro atoms. The van der Waals surface area contributed by atoms with Crippen molar-refractivity contribution in [2.24, 2.45) is 5.92 Å². The van der Waals surface area contributed by atoms with Crippen molar-refractivity contribution < 1.29 is 0 Å². The average Bonchev–Trinajstić information content (AvgIpc) is 2.32. The third-order valence-corrected chi connectivity index (χ3v) is 4.25. The summed E-state index contributed by atoms with van der Waals surface area (Å²) < 4.78 is 0. The van der Waals surface area contributed by atoms with Gasteiger partial charge in [-0.15, -0.1) is 0 Å². The number of rotatable bonds is 3. The molecule has 1 N–H and O–H groups in total.